The molecule has 29 heavy (non-hydrogen) atoms. The number of Topliss-reactive ketones (excluding diaryl/α,β-unsaturated/α-hetero) is 1. The number of ketones is 1. The van der Waals surface area contributed by atoms with Gasteiger partial charge in [-0.2, -0.15) is 0 Å². The van der Waals surface area contributed by atoms with E-state index >= 15 is 0 Å². The number of fused-ring (bicyclic) bond motifs is 1. The minimum atomic E-state index is -0.0509. The molecule has 0 radical (unpaired) electrons. The highest BCUT2D eigenvalue weighted by molar-refractivity contribution is 5.75. The third kappa shape index (κ3) is 5.10. The van der Waals surface area contributed by atoms with Gasteiger partial charge in [-0.25, -0.2) is 0 Å². The number of carbonyl (C=O) groups is 1. The summed E-state index contributed by atoms with van der Waals surface area (Å²) in [5.41, 5.74) is 0.928. The van der Waals surface area contributed by atoms with Crippen LogP contribution in [0.3, 0.4) is 0 Å². The van der Waals surface area contributed by atoms with E-state index in [1.807, 2.05) is 13.8 Å². The van der Waals surface area contributed by atoms with E-state index in [0.29, 0.717) is 22.5 Å². The van der Waals surface area contributed by atoms with Gasteiger partial charge >= 0.3 is 0 Å². The lowest BCUT2D eigenvalue weighted by atomic mass is 9.50. The van der Waals surface area contributed by atoms with Gasteiger partial charge in [-0.3, -0.25) is 0 Å². The van der Waals surface area contributed by atoms with Crippen LogP contribution in [0.1, 0.15) is 119 Å². The van der Waals surface area contributed by atoms with Crippen LogP contribution in [0.5, 0.6) is 0 Å². The van der Waals surface area contributed by atoms with E-state index in [9.17, 15) is 9.90 Å². The Hall–Kier alpha value is -0.370. The van der Waals surface area contributed by atoms with E-state index in [2.05, 4.69) is 27.7 Å². The molecule has 0 bridgehead atoms. The van der Waals surface area contributed by atoms with Crippen molar-refractivity contribution in [3.63, 3.8) is 0 Å². The van der Waals surface area contributed by atoms with Crippen molar-refractivity contribution < 1.29 is 9.90 Å². The molecule has 0 aliphatic heterocycles. The second-order valence-corrected chi connectivity index (χ2v) is 11.1. The van der Waals surface area contributed by atoms with Crippen LogP contribution in [0.2, 0.25) is 0 Å². The van der Waals surface area contributed by atoms with Crippen molar-refractivity contribution in [3.05, 3.63) is 0 Å². The van der Waals surface area contributed by atoms with Crippen molar-refractivity contribution in [1.82, 2.24) is 0 Å². The Kier molecular flexibility index (Phi) is 8.84. The van der Waals surface area contributed by atoms with Gasteiger partial charge in [-0.1, -0.05) is 48.0 Å². The molecule has 3 aliphatic carbocycles. The number of rotatable bonds is 6. The molecule has 0 saturated heterocycles. The fraction of sp³-hybridized carbons (Fsp3) is 0.963. The van der Waals surface area contributed by atoms with Crippen LogP contribution in [0, 0.1) is 40.4 Å². The molecule has 3 saturated carbocycles. The third-order valence-electron chi connectivity index (χ3n) is 9.61. The molecule has 0 aromatic heterocycles. The van der Waals surface area contributed by atoms with Gasteiger partial charge in [-0.15, -0.1) is 0 Å². The molecule has 1 N–H and O–H groups in total. The average Bonchev–Trinajstić information content (AvgIpc) is 3.06. The lowest BCUT2D eigenvalue weighted by Crippen LogP contribution is -2.48. The summed E-state index contributed by atoms with van der Waals surface area (Å²) in [5.74, 6) is 4.41. The highest BCUT2D eigenvalue weighted by Crippen LogP contribution is 2.65. The second-order valence-electron chi connectivity index (χ2n) is 11.1. The minimum Gasteiger partial charge on any atom is -0.393 e. The normalized spacial score (nSPS) is 43.1. The molecule has 0 aromatic rings. The molecule has 0 amide bonds. The number of aliphatic hydroxyl groups is 1. The van der Waals surface area contributed by atoms with Gasteiger partial charge in [0.2, 0.25) is 0 Å². The first kappa shape index (κ1) is 24.9. The quantitative estimate of drug-likeness (QED) is 0.498. The van der Waals surface area contributed by atoms with Crippen LogP contribution >= 0.6 is 0 Å². The van der Waals surface area contributed by atoms with Crippen LogP contribution in [-0.2, 0) is 4.79 Å². The summed E-state index contributed by atoms with van der Waals surface area (Å²) in [6, 6.07) is 0. The fourth-order valence-corrected chi connectivity index (χ4v) is 7.96. The molecule has 2 nitrogen and oxygen atoms in total. The van der Waals surface area contributed by atoms with Gasteiger partial charge in [0.1, 0.15) is 5.78 Å². The zero-order chi connectivity index (χ0) is 21.8. The van der Waals surface area contributed by atoms with Crippen LogP contribution in [0.15, 0.2) is 0 Å². The Morgan fingerprint density at radius 1 is 1.00 bits per heavy atom. The van der Waals surface area contributed by atoms with Gasteiger partial charge in [0.25, 0.3) is 0 Å². The highest BCUT2D eigenvalue weighted by Gasteiger charge is 2.57. The number of aliphatic hydroxyl groups excluding tert-OH is 1. The third-order valence-corrected chi connectivity index (χ3v) is 9.61. The van der Waals surface area contributed by atoms with E-state index < -0.39 is 0 Å². The lowest BCUT2D eigenvalue weighted by molar-refractivity contribution is -0.117. The summed E-state index contributed by atoms with van der Waals surface area (Å²) in [5, 5.41) is 10.0. The minimum absolute atomic E-state index is 0.0509. The van der Waals surface area contributed by atoms with Crippen molar-refractivity contribution in [2.24, 2.45) is 40.4 Å². The van der Waals surface area contributed by atoms with E-state index in [1.54, 1.807) is 6.92 Å². The van der Waals surface area contributed by atoms with Crippen molar-refractivity contribution in [1.29, 1.82) is 0 Å². The topological polar surface area (TPSA) is 37.3 Å². The zero-order valence-electron chi connectivity index (χ0n) is 20.6. The van der Waals surface area contributed by atoms with Crippen LogP contribution in [0.4, 0.5) is 0 Å². The molecular weight excluding hydrogens is 356 g/mol. The number of carbonyl (C=O) groups excluding carboxylic acids is 1. The van der Waals surface area contributed by atoms with Crippen molar-refractivity contribution >= 4 is 5.78 Å². The molecule has 0 aromatic carbocycles. The lowest BCUT2D eigenvalue weighted by Gasteiger charge is -2.55. The predicted molar refractivity (Wildman–Crippen MR) is 124 cm³/mol. The second kappa shape index (κ2) is 10.3. The standard InChI is InChI=1S/C25H44O2.C2H6/c1-6-20-22(24(4)14-11-19(27)12-15-24)13-16-25(5)21(9-10-23(20)25)17(2)7-8-18(3)26;1-2/h17,19-23,27H,6-16H2,1-5H3;1-2H3/t17-,19?,20?,21?,22+,23?,24?,25?;/m1./s1. The van der Waals surface area contributed by atoms with E-state index in [1.165, 1.54) is 44.9 Å². The van der Waals surface area contributed by atoms with E-state index in [4.69, 9.17) is 0 Å². The van der Waals surface area contributed by atoms with E-state index in [0.717, 1.165) is 49.4 Å². The Bertz CT molecular complexity index is 519. The molecule has 6 atom stereocenters. The molecule has 0 spiro atoms. The summed E-state index contributed by atoms with van der Waals surface area (Å²) in [6.07, 6.45) is 13.1. The Morgan fingerprint density at radius 2 is 1.62 bits per heavy atom. The summed E-state index contributed by atoms with van der Waals surface area (Å²) in [7, 11) is 0. The van der Waals surface area contributed by atoms with Gasteiger partial charge in [0, 0.05) is 6.42 Å². The largest absolute Gasteiger partial charge is 0.393 e. The zero-order valence-corrected chi connectivity index (χ0v) is 20.6. The van der Waals surface area contributed by atoms with Crippen LogP contribution in [-0.4, -0.2) is 17.0 Å². The number of hydrogen-bond acceptors (Lipinski definition) is 2. The van der Waals surface area contributed by atoms with Gasteiger partial charge in [0.15, 0.2) is 0 Å². The summed E-state index contributed by atoms with van der Waals surface area (Å²) < 4.78 is 0. The van der Waals surface area contributed by atoms with Crippen molar-refractivity contribution in [2.75, 3.05) is 0 Å². The van der Waals surface area contributed by atoms with Gasteiger partial charge < -0.3 is 9.90 Å². The average molecular weight is 407 g/mol. The SMILES string of the molecule is CC.CCC1C2CCC([C@H](C)CCC(C)=O)C2(C)CC[C@@H]1C1(C)CCC(O)CC1. The Morgan fingerprint density at radius 3 is 2.17 bits per heavy atom. The maximum absolute atomic E-state index is 11.5. The number of hydrogen-bond donors (Lipinski definition) is 1. The molecular formula is C27H50O2. The summed E-state index contributed by atoms with van der Waals surface area (Å²) in [4.78, 5) is 11.5. The van der Waals surface area contributed by atoms with Crippen molar-refractivity contribution in [3.8, 4) is 0 Å². The predicted octanol–water partition coefficient (Wildman–Crippen LogP) is 7.43. The summed E-state index contributed by atoms with van der Waals surface area (Å²) in [6.45, 7) is 15.7. The Balaban J connectivity index is 0.00000145. The molecule has 0 heterocycles. The van der Waals surface area contributed by atoms with Gasteiger partial charge in [-0.05, 0) is 105 Å². The molecule has 4 unspecified atom stereocenters. The van der Waals surface area contributed by atoms with Crippen molar-refractivity contribution in [2.45, 2.75) is 125 Å². The van der Waals surface area contributed by atoms with Crippen LogP contribution < -0.4 is 0 Å². The molecule has 3 fully saturated rings. The Labute approximate surface area is 181 Å². The van der Waals surface area contributed by atoms with Crippen LogP contribution in [0.25, 0.3) is 0 Å². The molecule has 3 aliphatic rings. The summed E-state index contributed by atoms with van der Waals surface area (Å²) >= 11 is 0. The highest BCUT2D eigenvalue weighted by atomic mass is 16.3. The monoisotopic (exact) mass is 406 g/mol. The molecule has 3 rings (SSSR count). The maximum atomic E-state index is 11.5. The first-order valence-corrected chi connectivity index (χ1v) is 12.9. The first-order valence-electron chi connectivity index (χ1n) is 12.9. The van der Waals surface area contributed by atoms with E-state index in [-0.39, 0.29) is 6.10 Å². The first-order chi connectivity index (χ1) is 13.7. The maximum Gasteiger partial charge on any atom is 0.129 e. The fourth-order valence-electron chi connectivity index (χ4n) is 7.96. The molecule has 170 valence electrons. The molecule has 2 heteroatoms. The smallest absolute Gasteiger partial charge is 0.129 e. The van der Waals surface area contributed by atoms with Gasteiger partial charge in [0.05, 0.1) is 6.10 Å².